The molecule has 0 aromatic carbocycles. The standard InChI is InChI=1S/C17H25N3O2/c21-15-10-13(11-20(15)14-8-2-1-3-9-14)16-18-17(22-19-16)12-6-4-5-7-12/h12-14H,1-11H2. The summed E-state index contributed by atoms with van der Waals surface area (Å²) < 4.78 is 5.49. The number of carbonyl (C=O) groups excluding carboxylic acids is 1. The lowest BCUT2D eigenvalue weighted by Crippen LogP contribution is -2.37. The summed E-state index contributed by atoms with van der Waals surface area (Å²) in [5.74, 6) is 2.43. The molecule has 0 bridgehead atoms. The minimum absolute atomic E-state index is 0.133. The van der Waals surface area contributed by atoms with Crippen molar-refractivity contribution >= 4 is 5.91 Å². The Bertz CT molecular complexity index is 530. The molecule has 22 heavy (non-hydrogen) atoms. The van der Waals surface area contributed by atoms with Crippen LogP contribution in [0.15, 0.2) is 4.52 Å². The molecular formula is C17H25N3O2. The first-order valence-corrected chi connectivity index (χ1v) is 8.94. The molecule has 1 unspecified atom stereocenters. The van der Waals surface area contributed by atoms with Gasteiger partial charge in [0.05, 0.1) is 0 Å². The fourth-order valence-corrected chi connectivity index (χ4v) is 4.40. The molecule has 4 rings (SSSR count). The average molecular weight is 303 g/mol. The van der Waals surface area contributed by atoms with Crippen molar-refractivity contribution in [3.8, 4) is 0 Å². The molecule has 3 fully saturated rings. The van der Waals surface area contributed by atoms with E-state index < -0.39 is 0 Å². The van der Waals surface area contributed by atoms with Crippen molar-refractivity contribution < 1.29 is 9.32 Å². The molecule has 2 saturated carbocycles. The van der Waals surface area contributed by atoms with Crippen molar-refractivity contribution in [2.75, 3.05) is 6.54 Å². The molecule has 1 atom stereocenters. The second kappa shape index (κ2) is 6.01. The van der Waals surface area contributed by atoms with Crippen LogP contribution in [0.2, 0.25) is 0 Å². The first kappa shape index (κ1) is 14.2. The van der Waals surface area contributed by atoms with Gasteiger partial charge in [0.25, 0.3) is 0 Å². The largest absolute Gasteiger partial charge is 0.339 e. The van der Waals surface area contributed by atoms with Crippen molar-refractivity contribution in [3.63, 3.8) is 0 Å². The molecule has 3 aliphatic rings. The number of likely N-dealkylation sites (tertiary alicyclic amines) is 1. The quantitative estimate of drug-likeness (QED) is 0.859. The number of hydrogen-bond donors (Lipinski definition) is 0. The number of amides is 1. The lowest BCUT2D eigenvalue weighted by Gasteiger charge is -2.31. The van der Waals surface area contributed by atoms with E-state index in [1.165, 1.54) is 44.9 Å². The van der Waals surface area contributed by atoms with Crippen LogP contribution in [0.3, 0.4) is 0 Å². The van der Waals surface area contributed by atoms with Gasteiger partial charge >= 0.3 is 0 Å². The Hall–Kier alpha value is -1.39. The molecule has 0 spiro atoms. The van der Waals surface area contributed by atoms with Gasteiger partial charge in [-0.05, 0) is 25.7 Å². The van der Waals surface area contributed by atoms with Crippen molar-refractivity contribution in [2.45, 2.75) is 82.1 Å². The normalized spacial score (nSPS) is 27.9. The molecule has 1 aromatic rings. The van der Waals surface area contributed by atoms with Crippen LogP contribution in [-0.2, 0) is 4.79 Å². The van der Waals surface area contributed by atoms with Gasteiger partial charge in [-0.25, -0.2) is 0 Å². The van der Waals surface area contributed by atoms with Crippen LogP contribution in [0, 0.1) is 0 Å². The van der Waals surface area contributed by atoms with Gasteiger partial charge < -0.3 is 9.42 Å². The lowest BCUT2D eigenvalue weighted by molar-refractivity contribution is -0.130. The number of hydrogen-bond acceptors (Lipinski definition) is 4. The minimum Gasteiger partial charge on any atom is -0.339 e. The van der Waals surface area contributed by atoms with Crippen molar-refractivity contribution in [1.82, 2.24) is 15.0 Å². The number of nitrogens with zero attached hydrogens (tertiary/aromatic N) is 3. The predicted octanol–water partition coefficient (Wildman–Crippen LogP) is 3.38. The number of carbonyl (C=O) groups is 1. The van der Waals surface area contributed by atoms with Crippen molar-refractivity contribution in [1.29, 1.82) is 0 Å². The Morgan fingerprint density at radius 2 is 1.68 bits per heavy atom. The van der Waals surface area contributed by atoms with E-state index in [0.29, 0.717) is 18.4 Å². The summed E-state index contributed by atoms with van der Waals surface area (Å²) >= 11 is 0. The Morgan fingerprint density at radius 1 is 0.955 bits per heavy atom. The third-order valence-corrected chi connectivity index (χ3v) is 5.70. The van der Waals surface area contributed by atoms with Gasteiger partial charge in [-0.3, -0.25) is 4.79 Å². The van der Waals surface area contributed by atoms with Gasteiger partial charge in [0.1, 0.15) is 0 Å². The van der Waals surface area contributed by atoms with Gasteiger partial charge in [-0.2, -0.15) is 4.98 Å². The molecule has 0 N–H and O–H groups in total. The highest BCUT2D eigenvalue weighted by atomic mass is 16.5. The molecule has 1 aromatic heterocycles. The predicted molar refractivity (Wildman–Crippen MR) is 81.5 cm³/mol. The molecule has 1 saturated heterocycles. The zero-order valence-electron chi connectivity index (χ0n) is 13.2. The molecule has 1 amide bonds. The van der Waals surface area contributed by atoms with E-state index in [9.17, 15) is 4.79 Å². The highest BCUT2D eigenvalue weighted by Crippen LogP contribution is 2.36. The molecule has 5 nitrogen and oxygen atoms in total. The molecule has 2 heterocycles. The third-order valence-electron chi connectivity index (χ3n) is 5.70. The summed E-state index contributed by atoms with van der Waals surface area (Å²) in [6.07, 6.45) is 11.6. The Balaban J connectivity index is 1.44. The van der Waals surface area contributed by atoms with Gasteiger partial charge in [0, 0.05) is 30.8 Å². The van der Waals surface area contributed by atoms with E-state index in [2.05, 4.69) is 15.0 Å². The molecule has 0 radical (unpaired) electrons. The lowest BCUT2D eigenvalue weighted by atomic mass is 9.94. The second-order valence-electron chi connectivity index (χ2n) is 7.21. The SMILES string of the molecule is O=C1CC(c2noc(C3CCCC3)n2)CN1C1CCCCC1. The first-order chi connectivity index (χ1) is 10.8. The third kappa shape index (κ3) is 2.66. The average Bonchev–Trinajstić information content (AvgIpc) is 3.28. The number of aromatic nitrogens is 2. The van der Waals surface area contributed by atoms with Crippen LogP contribution in [0.25, 0.3) is 0 Å². The maximum atomic E-state index is 12.4. The zero-order chi connectivity index (χ0) is 14.9. The van der Waals surface area contributed by atoms with E-state index in [1.54, 1.807) is 0 Å². The second-order valence-corrected chi connectivity index (χ2v) is 7.21. The van der Waals surface area contributed by atoms with Crippen LogP contribution < -0.4 is 0 Å². The monoisotopic (exact) mass is 303 g/mol. The minimum atomic E-state index is 0.133. The van der Waals surface area contributed by atoms with Crippen LogP contribution in [-0.4, -0.2) is 33.5 Å². The highest BCUT2D eigenvalue weighted by Gasteiger charge is 2.38. The van der Waals surface area contributed by atoms with Crippen molar-refractivity contribution in [3.05, 3.63) is 11.7 Å². The molecular weight excluding hydrogens is 278 g/mol. The van der Waals surface area contributed by atoms with E-state index in [1.807, 2.05) is 0 Å². The summed E-state index contributed by atoms with van der Waals surface area (Å²) in [7, 11) is 0. The maximum absolute atomic E-state index is 12.4. The molecule has 5 heteroatoms. The smallest absolute Gasteiger partial charge is 0.229 e. The van der Waals surface area contributed by atoms with Gasteiger partial charge in [0.15, 0.2) is 5.82 Å². The fourth-order valence-electron chi connectivity index (χ4n) is 4.40. The van der Waals surface area contributed by atoms with Crippen LogP contribution in [0.5, 0.6) is 0 Å². The van der Waals surface area contributed by atoms with E-state index in [0.717, 1.165) is 31.1 Å². The van der Waals surface area contributed by atoms with Gasteiger partial charge in [0.2, 0.25) is 11.8 Å². The van der Waals surface area contributed by atoms with Crippen LogP contribution in [0.1, 0.15) is 87.8 Å². The first-order valence-electron chi connectivity index (χ1n) is 8.94. The van der Waals surface area contributed by atoms with Crippen LogP contribution >= 0.6 is 0 Å². The summed E-state index contributed by atoms with van der Waals surface area (Å²) in [5, 5.41) is 4.19. The van der Waals surface area contributed by atoms with E-state index in [-0.39, 0.29) is 11.8 Å². The summed E-state index contributed by atoms with van der Waals surface area (Å²) in [4.78, 5) is 19.1. The number of rotatable bonds is 3. The van der Waals surface area contributed by atoms with Gasteiger partial charge in [-0.15, -0.1) is 0 Å². The molecule has 2 aliphatic carbocycles. The molecule has 1 aliphatic heterocycles. The Morgan fingerprint density at radius 3 is 2.45 bits per heavy atom. The summed E-state index contributed by atoms with van der Waals surface area (Å²) in [6, 6.07) is 0.451. The van der Waals surface area contributed by atoms with E-state index in [4.69, 9.17) is 4.52 Å². The summed E-state index contributed by atoms with van der Waals surface area (Å²) in [6.45, 7) is 0.785. The maximum Gasteiger partial charge on any atom is 0.229 e. The topological polar surface area (TPSA) is 59.2 Å². The Labute approximate surface area is 131 Å². The zero-order valence-corrected chi connectivity index (χ0v) is 13.2. The van der Waals surface area contributed by atoms with E-state index >= 15 is 0 Å². The highest BCUT2D eigenvalue weighted by molar-refractivity contribution is 5.79. The van der Waals surface area contributed by atoms with Crippen LogP contribution in [0.4, 0.5) is 0 Å². The van der Waals surface area contributed by atoms with Gasteiger partial charge in [-0.1, -0.05) is 37.3 Å². The Kier molecular flexibility index (Phi) is 3.89. The molecule has 120 valence electrons. The fraction of sp³-hybridized carbons (Fsp3) is 0.824. The van der Waals surface area contributed by atoms with Crippen molar-refractivity contribution in [2.24, 2.45) is 0 Å². The summed E-state index contributed by atoms with van der Waals surface area (Å²) in [5.41, 5.74) is 0.